The molecular formula is C26H22F3NO5. The highest BCUT2D eigenvalue weighted by atomic mass is 19.4. The van der Waals surface area contributed by atoms with Crippen molar-refractivity contribution in [3.63, 3.8) is 0 Å². The number of fused-ring (bicyclic) bond motifs is 1. The minimum absolute atomic E-state index is 0.180. The average Bonchev–Trinajstić information content (AvgIpc) is 3.20. The number of nitrogens with one attached hydrogen (secondary N) is 1. The third-order valence-electron chi connectivity index (χ3n) is 5.55. The van der Waals surface area contributed by atoms with Crippen molar-refractivity contribution >= 4 is 16.9 Å². The monoisotopic (exact) mass is 485 g/mol. The van der Waals surface area contributed by atoms with Crippen LogP contribution in [0.3, 0.4) is 0 Å². The standard InChI is InChI=1S/C26H22F3NO5/c1-33-20-11-16(12-21(34-2)25(20)35-14-15-7-4-3-5-8-15)23-18(13-22(31)32)17-9-6-10-19(24(17)30-23)26(27,28)29/h3-12,30H,13-14H2,1-2H3,(H,31,32). The maximum absolute atomic E-state index is 13.6. The number of hydrogen-bond donors (Lipinski definition) is 2. The third kappa shape index (κ3) is 4.89. The second-order valence-electron chi connectivity index (χ2n) is 7.76. The molecule has 6 nitrogen and oxygen atoms in total. The van der Waals surface area contributed by atoms with Gasteiger partial charge in [-0.2, -0.15) is 13.2 Å². The summed E-state index contributed by atoms with van der Waals surface area (Å²) in [6, 6.07) is 16.3. The number of methoxy groups -OCH3 is 2. The van der Waals surface area contributed by atoms with Crippen molar-refractivity contribution in [2.45, 2.75) is 19.2 Å². The van der Waals surface area contributed by atoms with E-state index in [9.17, 15) is 23.1 Å². The molecule has 0 bridgehead atoms. The number of aromatic amines is 1. The molecule has 0 spiro atoms. The number of carboxylic acids is 1. The van der Waals surface area contributed by atoms with E-state index in [-0.39, 0.29) is 40.3 Å². The maximum atomic E-state index is 13.6. The first-order valence-electron chi connectivity index (χ1n) is 10.6. The molecule has 0 saturated carbocycles. The molecular weight excluding hydrogens is 463 g/mol. The minimum atomic E-state index is -4.62. The Labute approximate surface area is 198 Å². The first-order valence-corrected chi connectivity index (χ1v) is 10.6. The fourth-order valence-electron chi connectivity index (χ4n) is 3.99. The van der Waals surface area contributed by atoms with Crippen molar-refractivity contribution in [3.05, 3.63) is 77.4 Å². The summed E-state index contributed by atoms with van der Waals surface area (Å²) in [6.45, 7) is 0.235. The molecule has 35 heavy (non-hydrogen) atoms. The van der Waals surface area contributed by atoms with Crippen LogP contribution in [0, 0.1) is 0 Å². The van der Waals surface area contributed by atoms with Gasteiger partial charge in [-0.1, -0.05) is 42.5 Å². The van der Waals surface area contributed by atoms with Gasteiger partial charge in [-0.15, -0.1) is 0 Å². The Kier molecular flexibility index (Phi) is 6.59. The van der Waals surface area contributed by atoms with Crippen LogP contribution in [0.2, 0.25) is 0 Å². The van der Waals surface area contributed by atoms with E-state index >= 15 is 0 Å². The molecule has 0 radical (unpaired) electrons. The van der Waals surface area contributed by atoms with E-state index in [1.165, 1.54) is 26.4 Å². The highest BCUT2D eigenvalue weighted by Crippen LogP contribution is 2.44. The second-order valence-corrected chi connectivity index (χ2v) is 7.76. The van der Waals surface area contributed by atoms with Crippen LogP contribution < -0.4 is 14.2 Å². The molecule has 0 unspecified atom stereocenters. The predicted octanol–water partition coefficient (Wildman–Crippen LogP) is 6.08. The van der Waals surface area contributed by atoms with Gasteiger partial charge in [0.05, 0.1) is 37.4 Å². The quantitative estimate of drug-likeness (QED) is 0.316. The van der Waals surface area contributed by atoms with Crippen molar-refractivity contribution in [2.75, 3.05) is 14.2 Å². The summed E-state index contributed by atoms with van der Waals surface area (Å²) >= 11 is 0. The molecule has 0 saturated heterocycles. The zero-order valence-corrected chi connectivity index (χ0v) is 18.9. The number of halogens is 3. The Balaban J connectivity index is 1.86. The summed E-state index contributed by atoms with van der Waals surface area (Å²) in [4.78, 5) is 14.4. The average molecular weight is 485 g/mol. The molecule has 0 aliphatic carbocycles. The van der Waals surface area contributed by atoms with Gasteiger partial charge in [-0.3, -0.25) is 4.79 Å². The van der Waals surface area contributed by atoms with Crippen molar-refractivity contribution in [1.29, 1.82) is 0 Å². The summed E-state index contributed by atoms with van der Waals surface area (Å²) < 4.78 is 57.9. The van der Waals surface area contributed by atoms with Crippen molar-refractivity contribution in [2.24, 2.45) is 0 Å². The van der Waals surface area contributed by atoms with E-state index in [0.29, 0.717) is 11.3 Å². The number of rotatable bonds is 8. The number of benzene rings is 3. The smallest absolute Gasteiger partial charge is 0.418 e. The number of aromatic nitrogens is 1. The molecule has 1 aromatic heterocycles. The van der Waals surface area contributed by atoms with E-state index in [1.807, 2.05) is 30.3 Å². The summed E-state index contributed by atoms with van der Waals surface area (Å²) in [5.74, 6) is -0.293. The Bertz CT molecular complexity index is 1340. The number of hydrogen-bond acceptors (Lipinski definition) is 4. The zero-order valence-electron chi connectivity index (χ0n) is 18.9. The highest BCUT2D eigenvalue weighted by Gasteiger charge is 2.34. The summed E-state index contributed by atoms with van der Waals surface area (Å²) in [5.41, 5.74) is 0.695. The van der Waals surface area contributed by atoms with Gasteiger partial charge in [0.25, 0.3) is 0 Å². The maximum Gasteiger partial charge on any atom is 0.418 e. The van der Waals surface area contributed by atoms with E-state index in [1.54, 1.807) is 12.1 Å². The summed E-state index contributed by atoms with van der Waals surface area (Å²) in [6.07, 6.45) is -5.10. The molecule has 0 aliphatic heterocycles. The van der Waals surface area contributed by atoms with Gasteiger partial charge in [0, 0.05) is 10.9 Å². The molecule has 0 aliphatic rings. The lowest BCUT2D eigenvalue weighted by Gasteiger charge is -2.16. The van der Waals surface area contributed by atoms with Gasteiger partial charge < -0.3 is 24.3 Å². The topological polar surface area (TPSA) is 80.8 Å². The number of H-pyrrole nitrogens is 1. The number of aliphatic carboxylic acids is 1. The Morgan fingerprint density at radius 1 is 0.971 bits per heavy atom. The van der Waals surface area contributed by atoms with Crippen LogP contribution in [-0.2, 0) is 24.0 Å². The van der Waals surface area contributed by atoms with Crippen LogP contribution >= 0.6 is 0 Å². The lowest BCUT2D eigenvalue weighted by atomic mass is 10.0. The fourth-order valence-corrected chi connectivity index (χ4v) is 3.99. The lowest BCUT2D eigenvalue weighted by molar-refractivity contribution is -0.137. The molecule has 182 valence electrons. The van der Waals surface area contributed by atoms with E-state index in [4.69, 9.17) is 14.2 Å². The summed E-state index contributed by atoms with van der Waals surface area (Å²) in [5, 5.41) is 9.64. The lowest BCUT2D eigenvalue weighted by Crippen LogP contribution is -2.05. The van der Waals surface area contributed by atoms with Crippen LogP contribution in [-0.4, -0.2) is 30.3 Å². The summed E-state index contributed by atoms with van der Waals surface area (Å²) in [7, 11) is 2.86. The predicted molar refractivity (Wildman–Crippen MR) is 124 cm³/mol. The first kappa shape index (κ1) is 24.0. The van der Waals surface area contributed by atoms with Gasteiger partial charge in [-0.25, -0.2) is 0 Å². The zero-order chi connectivity index (χ0) is 25.2. The SMILES string of the molecule is COc1cc(-c2[nH]c3c(C(F)(F)F)cccc3c2CC(=O)O)cc(OC)c1OCc1ccccc1. The molecule has 0 atom stereocenters. The van der Waals surface area contributed by atoms with Crippen molar-refractivity contribution < 1.29 is 37.3 Å². The van der Waals surface area contributed by atoms with Crippen LogP contribution in [0.5, 0.6) is 17.2 Å². The third-order valence-corrected chi connectivity index (χ3v) is 5.55. The van der Waals surface area contributed by atoms with Gasteiger partial charge in [0.2, 0.25) is 5.75 Å². The van der Waals surface area contributed by atoms with Crippen LogP contribution in [0.4, 0.5) is 13.2 Å². The van der Waals surface area contributed by atoms with E-state index in [0.717, 1.165) is 11.6 Å². The van der Waals surface area contributed by atoms with Crippen molar-refractivity contribution in [3.8, 4) is 28.5 Å². The van der Waals surface area contributed by atoms with Gasteiger partial charge in [-0.05, 0) is 29.3 Å². The molecule has 0 fully saturated rings. The van der Waals surface area contributed by atoms with E-state index in [2.05, 4.69) is 4.98 Å². The molecule has 2 N–H and O–H groups in total. The van der Waals surface area contributed by atoms with E-state index < -0.39 is 24.1 Å². The highest BCUT2D eigenvalue weighted by molar-refractivity contribution is 5.96. The van der Waals surface area contributed by atoms with Crippen LogP contribution in [0.15, 0.2) is 60.7 Å². The number of carboxylic acid groups (broad SMARTS) is 1. The minimum Gasteiger partial charge on any atom is -0.493 e. The molecule has 9 heteroatoms. The van der Waals surface area contributed by atoms with Gasteiger partial charge in [0.15, 0.2) is 11.5 Å². The van der Waals surface area contributed by atoms with Crippen LogP contribution in [0.1, 0.15) is 16.7 Å². The molecule has 1 heterocycles. The number of carbonyl (C=O) groups is 1. The molecule has 0 amide bonds. The van der Waals surface area contributed by atoms with Crippen LogP contribution in [0.25, 0.3) is 22.2 Å². The second kappa shape index (κ2) is 9.61. The van der Waals surface area contributed by atoms with Crippen molar-refractivity contribution in [1.82, 2.24) is 4.98 Å². The number of alkyl halides is 3. The van der Waals surface area contributed by atoms with Gasteiger partial charge in [0.1, 0.15) is 6.61 Å². The fraction of sp³-hybridized carbons (Fsp3) is 0.192. The van der Waals surface area contributed by atoms with Gasteiger partial charge >= 0.3 is 12.1 Å². The Hall–Kier alpha value is -4.14. The largest absolute Gasteiger partial charge is 0.493 e. The first-order chi connectivity index (χ1) is 16.7. The molecule has 4 aromatic rings. The Morgan fingerprint density at radius 2 is 1.63 bits per heavy atom. The Morgan fingerprint density at radius 3 is 2.20 bits per heavy atom. The normalized spacial score (nSPS) is 11.5. The molecule has 4 rings (SSSR count). The number of ether oxygens (including phenoxy) is 3. The molecule has 3 aromatic carbocycles. The number of para-hydroxylation sites is 1.